The highest BCUT2D eigenvalue weighted by Gasteiger charge is 2.20. The van der Waals surface area contributed by atoms with E-state index in [0.29, 0.717) is 18.5 Å². The van der Waals surface area contributed by atoms with E-state index in [1.807, 2.05) is 37.4 Å². The van der Waals surface area contributed by atoms with Crippen LogP contribution in [0, 0.1) is 5.82 Å². The summed E-state index contributed by atoms with van der Waals surface area (Å²) in [6.45, 7) is 6.68. The van der Waals surface area contributed by atoms with Crippen molar-refractivity contribution in [3.8, 4) is 0 Å². The van der Waals surface area contributed by atoms with Gasteiger partial charge in [-0.1, -0.05) is 24.8 Å². The molecule has 0 amide bonds. The molecule has 5 nitrogen and oxygen atoms in total. The molecule has 1 aromatic carbocycles. The summed E-state index contributed by atoms with van der Waals surface area (Å²) in [7, 11) is 0. The number of allylic oxidation sites excluding steroid dienone is 2. The van der Waals surface area contributed by atoms with Gasteiger partial charge in [-0.3, -0.25) is 9.98 Å². The summed E-state index contributed by atoms with van der Waals surface area (Å²) in [6, 6.07) is 12.6. The average Bonchev–Trinajstić information content (AvgIpc) is 2.88. The molecular formula is C24H22FN5. The second-order valence-electron chi connectivity index (χ2n) is 6.94. The van der Waals surface area contributed by atoms with Crippen LogP contribution < -0.4 is 10.6 Å². The number of aromatic nitrogens is 2. The van der Waals surface area contributed by atoms with Gasteiger partial charge in [-0.05, 0) is 48.7 Å². The number of rotatable bonds is 4. The Balaban J connectivity index is 1.56. The molecule has 0 bridgehead atoms. The van der Waals surface area contributed by atoms with Crippen molar-refractivity contribution in [1.29, 1.82) is 0 Å². The van der Waals surface area contributed by atoms with Crippen molar-refractivity contribution in [1.82, 2.24) is 15.3 Å². The number of amidine groups is 1. The van der Waals surface area contributed by atoms with Crippen LogP contribution in [0.25, 0.3) is 11.1 Å². The van der Waals surface area contributed by atoms with E-state index >= 15 is 0 Å². The SMILES string of the molecule is C=C1/C(=C\NC(C)=NCCc2ccccc2F)c2ccncc2Nc2ncccc21. The van der Waals surface area contributed by atoms with Crippen molar-refractivity contribution in [3.05, 3.63) is 96.3 Å². The van der Waals surface area contributed by atoms with Crippen LogP contribution in [0.15, 0.2) is 78.8 Å². The van der Waals surface area contributed by atoms with Gasteiger partial charge in [0.1, 0.15) is 11.6 Å². The zero-order valence-electron chi connectivity index (χ0n) is 16.7. The zero-order valence-corrected chi connectivity index (χ0v) is 16.7. The molecule has 0 fully saturated rings. The third-order valence-corrected chi connectivity index (χ3v) is 4.94. The fraction of sp³-hybridized carbons (Fsp3) is 0.125. The number of benzene rings is 1. The minimum absolute atomic E-state index is 0.194. The maximum absolute atomic E-state index is 13.7. The largest absolute Gasteiger partial charge is 0.350 e. The van der Waals surface area contributed by atoms with Crippen molar-refractivity contribution in [2.45, 2.75) is 13.3 Å². The lowest BCUT2D eigenvalue weighted by atomic mass is 9.96. The quantitative estimate of drug-likeness (QED) is 0.480. The molecule has 0 saturated carbocycles. The van der Waals surface area contributed by atoms with Crippen LogP contribution in [0.3, 0.4) is 0 Å². The number of aliphatic imine (C=N–C) groups is 1. The summed E-state index contributed by atoms with van der Waals surface area (Å²) in [6.07, 6.45) is 7.71. The second kappa shape index (κ2) is 8.69. The molecule has 0 unspecified atom stereocenters. The van der Waals surface area contributed by atoms with Crippen LogP contribution in [-0.2, 0) is 6.42 Å². The Hall–Kier alpha value is -3.80. The van der Waals surface area contributed by atoms with Gasteiger partial charge in [0.15, 0.2) is 0 Å². The number of nitrogens with zero attached hydrogens (tertiary/aromatic N) is 3. The van der Waals surface area contributed by atoms with E-state index in [2.05, 4.69) is 32.2 Å². The first-order chi connectivity index (χ1) is 14.6. The maximum atomic E-state index is 13.7. The first kappa shape index (κ1) is 19.5. The number of hydrogen-bond acceptors (Lipinski definition) is 4. The summed E-state index contributed by atoms with van der Waals surface area (Å²) >= 11 is 0. The number of pyridine rings is 2. The molecular weight excluding hydrogens is 377 g/mol. The van der Waals surface area contributed by atoms with Gasteiger partial charge in [-0.15, -0.1) is 0 Å². The van der Waals surface area contributed by atoms with E-state index < -0.39 is 0 Å². The molecule has 0 spiro atoms. The van der Waals surface area contributed by atoms with E-state index in [0.717, 1.165) is 39.6 Å². The number of anilines is 2. The van der Waals surface area contributed by atoms with Crippen molar-refractivity contribution < 1.29 is 4.39 Å². The minimum atomic E-state index is -0.194. The molecule has 0 saturated heterocycles. The lowest BCUT2D eigenvalue weighted by Gasteiger charge is -2.11. The molecule has 30 heavy (non-hydrogen) atoms. The van der Waals surface area contributed by atoms with E-state index in [9.17, 15) is 4.39 Å². The maximum Gasteiger partial charge on any atom is 0.138 e. The molecule has 0 atom stereocenters. The molecule has 3 heterocycles. The highest BCUT2D eigenvalue weighted by atomic mass is 19.1. The second-order valence-corrected chi connectivity index (χ2v) is 6.94. The average molecular weight is 399 g/mol. The molecule has 1 aliphatic rings. The third kappa shape index (κ3) is 4.12. The van der Waals surface area contributed by atoms with Crippen LogP contribution in [0.5, 0.6) is 0 Å². The predicted octanol–water partition coefficient (Wildman–Crippen LogP) is 4.98. The number of fused-ring (bicyclic) bond motifs is 2. The lowest BCUT2D eigenvalue weighted by Crippen LogP contribution is -2.15. The standard InChI is InChI=1S/C24H22FN5/c1-16-19-7-5-11-28-24(19)30-23-15-26-12-10-20(23)21(16)14-29-17(2)27-13-9-18-6-3-4-8-22(18)25/h3-8,10-12,14-15H,1,9,13H2,2H3,(H,27,29)(H,28,30)/b21-14+. The van der Waals surface area contributed by atoms with E-state index in [1.54, 1.807) is 30.7 Å². The molecule has 4 rings (SSSR count). The van der Waals surface area contributed by atoms with Crippen molar-refractivity contribution in [2.75, 3.05) is 11.9 Å². The number of hydrogen-bond donors (Lipinski definition) is 2. The topological polar surface area (TPSA) is 62.2 Å². The minimum Gasteiger partial charge on any atom is -0.350 e. The highest BCUT2D eigenvalue weighted by molar-refractivity contribution is 6.10. The van der Waals surface area contributed by atoms with Gasteiger partial charge in [0.25, 0.3) is 0 Å². The molecule has 3 aromatic rings. The van der Waals surface area contributed by atoms with Gasteiger partial charge in [0.05, 0.1) is 17.7 Å². The normalized spacial score (nSPS) is 14.5. The van der Waals surface area contributed by atoms with Gasteiger partial charge >= 0.3 is 0 Å². The van der Waals surface area contributed by atoms with Crippen molar-refractivity contribution in [3.63, 3.8) is 0 Å². The Morgan fingerprint density at radius 1 is 1.17 bits per heavy atom. The molecule has 150 valence electrons. The van der Waals surface area contributed by atoms with Gasteiger partial charge in [-0.25, -0.2) is 9.37 Å². The van der Waals surface area contributed by atoms with Gasteiger partial charge in [0.2, 0.25) is 0 Å². The van der Waals surface area contributed by atoms with Crippen LogP contribution in [-0.4, -0.2) is 22.3 Å². The van der Waals surface area contributed by atoms with Crippen molar-refractivity contribution >= 4 is 28.5 Å². The predicted molar refractivity (Wildman–Crippen MR) is 120 cm³/mol. The molecule has 2 N–H and O–H groups in total. The molecule has 0 aliphatic carbocycles. The van der Waals surface area contributed by atoms with Crippen LogP contribution in [0.4, 0.5) is 15.9 Å². The molecule has 2 aromatic heterocycles. The smallest absolute Gasteiger partial charge is 0.138 e. The monoisotopic (exact) mass is 399 g/mol. The van der Waals surface area contributed by atoms with E-state index in [4.69, 9.17) is 0 Å². The fourth-order valence-corrected chi connectivity index (χ4v) is 3.34. The van der Waals surface area contributed by atoms with Crippen LogP contribution in [0.1, 0.15) is 23.6 Å². The van der Waals surface area contributed by atoms with E-state index in [1.165, 1.54) is 6.07 Å². The fourth-order valence-electron chi connectivity index (χ4n) is 3.34. The Kier molecular flexibility index (Phi) is 5.66. The number of halogens is 1. The first-order valence-electron chi connectivity index (χ1n) is 9.70. The van der Waals surface area contributed by atoms with Gasteiger partial charge < -0.3 is 10.6 Å². The lowest BCUT2D eigenvalue weighted by molar-refractivity contribution is 0.609. The summed E-state index contributed by atoms with van der Waals surface area (Å²) in [5.74, 6) is 1.29. The summed E-state index contributed by atoms with van der Waals surface area (Å²) in [4.78, 5) is 13.2. The molecule has 6 heteroatoms. The van der Waals surface area contributed by atoms with Crippen molar-refractivity contribution in [2.24, 2.45) is 4.99 Å². The van der Waals surface area contributed by atoms with Gasteiger partial charge in [0, 0.05) is 41.8 Å². The zero-order chi connectivity index (χ0) is 20.9. The Morgan fingerprint density at radius 3 is 2.90 bits per heavy atom. The summed E-state index contributed by atoms with van der Waals surface area (Å²) in [5, 5.41) is 6.59. The number of nitrogens with one attached hydrogen (secondary N) is 2. The summed E-state index contributed by atoms with van der Waals surface area (Å²) < 4.78 is 13.7. The third-order valence-electron chi connectivity index (χ3n) is 4.94. The Bertz CT molecular complexity index is 1150. The summed E-state index contributed by atoms with van der Waals surface area (Å²) in [5.41, 5.74) is 5.20. The Labute approximate surface area is 175 Å². The molecule has 0 radical (unpaired) electrons. The molecule has 1 aliphatic heterocycles. The highest BCUT2D eigenvalue weighted by Crippen LogP contribution is 2.40. The van der Waals surface area contributed by atoms with E-state index in [-0.39, 0.29) is 5.82 Å². The Morgan fingerprint density at radius 2 is 2.03 bits per heavy atom. The van der Waals surface area contributed by atoms with Gasteiger partial charge in [-0.2, -0.15) is 0 Å². The first-order valence-corrected chi connectivity index (χ1v) is 9.70. The van der Waals surface area contributed by atoms with Crippen LogP contribution in [0.2, 0.25) is 0 Å². The van der Waals surface area contributed by atoms with Crippen LogP contribution >= 0.6 is 0 Å².